The lowest BCUT2D eigenvalue weighted by atomic mass is 10.2. The Labute approximate surface area is 90.5 Å². The molecule has 0 heterocycles. The third-order valence-electron chi connectivity index (χ3n) is 1.37. The van der Waals surface area contributed by atoms with Gasteiger partial charge in [0.05, 0.1) is 0 Å². The minimum absolute atomic E-state index is 0.262. The monoisotopic (exact) mass is 231 g/mol. The van der Waals surface area contributed by atoms with Crippen LogP contribution in [0.25, 0.3) is 0 Å². The van der Waals surface area contributed by atoms with Crippen LogP contribution < -0.4 is 11.1 Å². The maximum absolute atomic E-state index is 11.3. The second-order valence-corrected chi connectivity index (χ2v) is 3.40. The van der Waals surface area contributed by atoms with Gasteiger partial charge in [-0.3, -0.25) is 15.5 Å². The van der Waals surface area contributed by atoms with Crippen LogP contribution in [0, 0.1) is 5.41 Å². The quantitative estimate of drug-likeness (QED) is 0.508. The highest BCUT2D eigenvalue weighted by Gasteiger charge is 2.07. The first-order valence-corrected chi connectivity index (χ1v) is 4.36. The van der Waals surface area contributed by atoms with E-state index in [1.165, 1.54) is 18.2 Å². The zero-order chi connectivity index (χ0) is 10.7. The van der Waals surface area contributed by atoms with E-state index in [2.05, 4.69) is 5.32 Å². The van der Waals surface area contributed by atoms with Crippen molar-refractivity contribution in [2.24, 2.45) is 5.73 Å². The summed E-state index contributed by atoms with van der Waals surface area (Å²) >= 11 is 11.4. The molecule has 4 nitrogen and oxygen atoms in total. The first kappa shape index (κ1) is 10.8. The highest BCUT2D eigenvalue weighted by molar-refractivity contribution is 6.35. The van der Waals surface area contributed by atoms with E-state index in [0.717, 1.165) is 0 Å². The molecule has 0 saturated heterocycles. The topological polar surface area (TPSA) is 79.0 Å². The van der Waals surface area contributed by atoms with Gasteiger partial charge in [0.25, 0.3) is 5.91 Å². The standard InChI is InChI=1S/C8H7Cl2N3O/c9-5-1-4(2-6(10)3-5)7(14)13-8(11)12/h1-3H,(H4,11,12,13,14). The van der Waals surface area contributed by atoms with E-state index in [1.54, 1.807) is 0 Å². The maximum atomic E-state index is 11.3. The van der Waals surface area contributed by atoms with Crippen LogP contribution in [-0.4, -0.2) is 11.9 Å². The van der Waals surface area contributed by atoms with Gasteiger partial charge in [0.1, 0.15) is 0 Å². The fourth-order valence-electron chi connectivity index (χ4n) is 0.879. The van der Waals surface area contributed by atoms with E-state index in [9.17, 15) is 4.79 Å². The number of rotatable bonds is 1. The Hall–Kier alpha value is -1.26. The summed E-state index contributed by atoms with van der Waals surface area (Å²) in [7, 11) is 0. The molecule has 0 saturated carbocycles. The Kier molecular flexibility index (Phi) is 3.33. The van der Waals surface area contributed by atoms with Gasteiger partial charge in [-0.05, 0) is 18.2 Å². The minimum atomic E-state index is -0.512. The van der Waals surface area contributed by atoms with Crippen molar-refractivity contribution in [2.75, 3.05) is 0 Å². The van der Waals surface area contributed by atoms with Crippen molar-refractivity contribution in [1.29, 1.82) is 5.41 Å². The first-order chi connectivity index (χ1) is 6.49. The minimum Gasteiger partial charge on any atom is -0.370 e. The summed E-state index contributed by atoms with van der Waals surface area (Å²) in [6.45, 7) is 0. The van der Waals surface area contributed by atoms with Crippen LogP contribution in [0.5, 0.6) is 0 Å². The van der Waals surface area contributed by atoms with Crippen LogP contribution in [-0.2, 0) is 0 Å². The highest BCUT2D eigenvalue weighted by Crippen LogP contribution is 2.18. The molecule has 0 unspecified atom stereocenters. The number of hydrogen-bond donors (Lipinski definition) is 3. The number of carbonyl (C=O) groups is 1. The molecule has 0 aliphatic rings. The lowest BCUT2D eigenvalue weighted by molar-refractivity contribution is 0.0976. The summed E-state index contributed by atoms with van der Waals surface area (Å²) in [5.41, 5.74) is 5.25. The number of hydrogen-bond acceptors (Lipinski definition) is 2. The van der Waals surface area contributed by atoms with Crippen LogP contribution in [0.2, 0.25) is 10.0 Å². The van der Waals surface area contributed by atoms with Crippen molar-refractivity contribution in [3.05, 3.63) is 33.8 Å². The molecule has 0 atom stereocenters. The first-order valence-electron chi connectivity index (χ1n) is 3.60. The molecule has 0 spiro atoms. The van der Waals surface area contributed by atoms with Gasteiger partial charge in [-0.1, -0.05) is 23.2 Å². The van der Waals surface area contributed by atoms with E-state index in [1.807, 2.05) is 0 Å². The van der Waals surface area contributed by atoms with Crippen molar-refractivity contribution in [2.45, 2.75) is 0 Å². The number of amides is 1. The summed E-state index contributed by atoms with van der Waals surface area (Å²) in [4.78, 5) is 11.3. The molecule has 0 aromatic heterocycles. The number of carbonyl (C=O) groups excluding carboxylic acids is 1. The van der Waals surface area contributed by atoms with Crippen molar-refractivity contribution in [3.8, 4) is 0 Å². The number of nitrogens with one attached hydrogen (secondary N) is 2. The van der Waals surface area contributed by atoms with Crippen LogP contribution in [0.15, 0.2) is 18.2 Å². The molecule has 0 aliphatic carbocycles. The molecule has 1 rings (SSSR count). The van der Waals surface area contributed by atoms with Crippen molar-refractivity contribution >= 4 is 35.1 Å². The van der Waals surface area contributed by atoms with Crippen molar-refractivity contribution < 1.29 is 4.79 Å². The van der Waals surface area contributed by atoms with E-state index >= 15 is 0 Å². The predicted molar refractivity (Wildman–Crippen MR) is 55.8 cm³/mol. The molecule has 1 aromatic rings. The number of guanidine groups is 1. The summed E-state index contributed by atoms with van der Waals surface area (Å²) in [6, 6.07) is 4.38. The Morgan fingerprint density at radius 1 is 1.29 bits per heavy atom. The van der Waals surface area contributed by atoms with Crippen molar-refractivity contribution in [3.63, 3.8) is 0 Å². The third kappa shape index (κ3) is 2.90. The average molecular weight is 232 g/mol. The van der Waals surface area contributed by atoms with Gasteiger partial charge >= 0.3 is 0 Å². The predicted octanol–water partition coefficient (Wildman–Crippen LogP) is 1.62. The maximum Gasteiger partial charge on any atom is 0.258 e. The molecule has 0 radical (unpaired) electrons. The van der Waals surface area contributed by atoms with Crippen LogP contribution in [0.4, 0.5) is 0 Å². The smallest absolute Gasteiger partial charge is 0.258 e. The van der Waals surface area contributed by atoms with Gasteiger partial charge in [0.15, 0.2) is 5.96 Å². The van der Waals surface area contributed by atoms with Crippen LogP contribution >= 0.6 is 23.2 Å². The van der Waals surface area contributed by atoms with Gasteiger partial charge in [-0.15, -0.1) is 0 Å². The molecule has 0 fully saturated rings. The van der Waals surface area contributed by atoms with Gasteiger partial charge < -0.3 is 5.73 Å². The Morgan fingerprint density at radius 2 is 1.79 bits per heavy atom. The Morgan fingerprint density at radius 3 is 2.21 bits per heavy atom. The summed E-state index contributed by atoms with van der Waals surface area (Å²) in [5.74, 6) is -0.937. The lowest BCUT2D eigenvalue weighted by Crippen LogP contribution is -2.35. The SMILES string of the molecule is N=C(N)NC(=O)c1cc(Cl)cc(Cl)c1. The summed E-state index contributed by atoms with van der Waals surface area (Å²) in [6.07, 6.45) is 0. The summed E-state index contributed by atoms with van der Waals surface area (Å²) in [5, 5.41) is 9.69. The normalized spacial score (nSPS) is 9.57. The molecule has 1 aromatic carbocycles. The number of nitrogens with two attached hydrogens (primary N) is 1. The Bertz CT molecular complexity index is 372. The molecule has 0 aliphatic heterocycles. The van der Waals surface area contributed by atoms with E-state index in [4.69, 9.17) is 34.3 Å². The van der Waals surface area contributed by atoms with Gasteiger partial charge in [-0.2, -0.15) is 0 Å². The van der Waals surface area contributed by atoms with Gasteiger partial charge in [0, 0.05) is 15.6 Å². The third-order valence-corrected chi connectivity index (χ3v) is 1.81. The summed E-state index contributed by atoms with van der Waals surface area (Å²) < 4.78 is 0. The molecule has 0 bridgehead atoms. The van der Waals surface area contributed by atoms with Gasteiger partial charge in [0.2, 0.25) is 0 Å². The molecule has 1 amide bonds. The molecule has 4 N–H and O–H groups in total. The number of benzene rings is 1. The van der Waals surface area contributed by atoms with Crippen LogP contribution in [0.1, 0.15) is 10.4 Å². The molecular weight excluding hydrogens is 225 g/mol. The second kappa shape index (κ2) is 4.30. The molecular formula is C8H7Cl2N3O. The largest absolute Gasteiger partial charge is 0.370 e. The van der Waals surface area contributed by atoms with E-state index in [0.29, 0.717) is 10.0 Å². The van der Waals surface area contributed by atoms with Crippen molar-refractivity contribution in [1.82, 2.24) is 5.32 Å². The molecule has 6 heteroatoms. The number of halogens is 2. The fraction of sp³-hybridized carbons (Fsp3) is 0. The average Bonchev–Trinajstić information content (AvgIpc) is 2.00. The zero-order valence-corrected chi connectivity index (χ0v) is 8.49. The lowest BCUT2D eigenvalue weighted by Gasteiger charge is -2.03. The molecule has 14 heavy (non-hydrogen) atoms. The zero-order valence-electron chi connectivity index (χ0n) is 6.97. The van der Waals surface area contributed by atoms with Crippen LogP contribution in [0.3, 0.4) is 0 Å². The highest BCUT2D eigenvalue weighted by atomic mass is 35.5. The van der Waals surface area contributed by atoms with E-state index < -0.39 is 11.9 Å². The second-order valence-electron chi connectivity index (χ2n) is 2.53. The van der Waals surface area contributed by atoms with Gasteiger partial charge in [-0.25, -0.2) is 0 Å². The van der Waals surface area contributed by atoms with E-state index in [-0.39, 0.29) is 5.56 Å². The Balaban J connectivity index is 2.95. The molecule has 74 valence electrons. The fourth-order valence-corrected chi connectivity index (χ4v) is 1.41.